The van der Waals surface area contributed by atoms with Gasteiger partial charge in [-0.15, -0.1) is 11.3 Å². The molecule has 0 bridgehead atoms. The third-order valence-electron chi connectivity index (χ3n) is 3.00. The summed E-state index contributed by atoms with van der Waals surface area (Å²) in [5.74, 6) is -0.187. The lowest BCUT2D eigenvalue weighted by atomic mass is 10.1. The molecule has 0 fully saturated rings. The molecule has 1 amide bonds. The van der Waals surface area contributed by atoms with Gasteiger partial charge in [0.25, 0.3) is 5.91 Å². The molecule has 1 heterocycles. The number of thiophene rings is 1. The minimum Gasteiger partial charge on any atom is -0.331 e. The topological polar surface area (TPSA) is 53.2 Å². The lowest BCUT2D eigenvalue weighted by Gasteiger charge is -2.13. The second-order valence-corrected chi connectivity index (χ2v) is 6.11. The zero-order chi connectivity index (χ0) is 15.4. The lowest BCUT2D eigenvalue weighted by Crippen LogP contribution is -2.43. The quantitative estimate of drug-likeness (QED) is 0.587. The summed E-state index contributed by atoms with van der Waals surface area (Å²) < 4.78 is 0. The number of hydrogen-bond donors (Lipinski definition) is 3. The molecule has 0 atom stereocenters. The number of nitrogens with one attached hydrogen (secondary N) is 3. The van der Waals surface area contributed by atoms with Crippen LogP contribution in [0.15, 0.2) is 29.6 Å². The maximum atomic E-state index is 12.0. The summed E-state index contributed by atoms with van der Waals surface area (Å²) in [5, 5.41) is 5.31. The van der Waals surface area contributed by atoms with Gasteiger partial charge >= 0.3 is 0 Å². The van der Waals surface area contributed by atoms with Crippen molar-refractivity contribution < 1.29 is 4.79 Å². The largest absolute Gasteiger partial charge is 0.331 e. The van der Waals surface area contributed by atoms with Crippen LogP contribution in [0.5, 0.6) is 0 Å². The fraction of sp³-hybridized carbons (Fsp3) is 0.200. The summed E-state index contributed by atoms with van der Waals surface area (Å²) in [6.45, 7) is 5.92. The molecule has 0 radical (unpaired) electrons. The van der Waals surface area contributed by atoms with E-state index in [2.05, 4.69) is 16.2 Å². The van der Waals surface area contributed by atoms with Crippen molar-refractivity contribution in [1.82, 2.24) is 10.9 Å². The third-order valence-corrected chi connectivity index (χ3v) is 4.22. The molecule has 0 aliphatic rings. The smallest absolute Gasteiger partial charge is 0.279 e. The van der Waals surface area contributed by atoms with Crippen molar-refractivity contribution in [3.63, 3.8) is 0 Å². The predicted octanol–water partition coefficient (Wildman–Crippen LogP) is 3.30. The van der Waals surface area contributed by atoms with E-state index in [1.807, 2.05) is 50.4 Å². The Labute approximate surface area is 133 Å². The maximum Gasteiger partial charge on any atom is 0.279 e. The molecule has 1 aromatic heterocycles. The number of amides is 1. The molecular weight excluding hydrogens is 302 g/mol. The Bertz CT molecular complexity index is 679. The molecule has 0 saturated heterocycles. The van der Waals surface area contributed by atoms with Gasteiger partial charge in [0.2, 0.25) is 0 Å². The zero-order valence-electron chi connectivity index (χ0n) is 12.1. The molecule has 0 aliphatic heterocycles. The monoisotopic (exact) mass is 319 g/mol. The second kappa shape index (κ2) is 6.69. The Morgan fingerprint density at radius 3 is 2.52 bits per heavy atom. The molecular formula is C15H17N3OS2. The first kappa shape index (κ1) is 15.5. The van der Waals surface area contributed by atoms with E-state index in [0.29, 0.717) is 9.99 Å². The average molecular weight is 319 g/mol. The van der Waals surface area contributed by atoms with Crippen LogP contribution in [0.3, 0.4) is 0 Å². The number of carbonyl (C=O) groups excluding carboxylic acids is 1. The fourth-order valence-electron chi connectivity index (χ4n) is 1.80. The van der Waals surface area contributed by atoms with Crippen molar-refractivity contribution >= 4 is 40.3 Å². The molecule has 0 spiro atoms. The highest BCUT2D eigenvalue weighted by Gasteiger charge is 2.10. The van der Waals surface area contributed by atoms with Crippen LogP contribution in [0.4, 0.5) is 5.69 Å². The van der Waals surface area contributed by atoms with Gasteiger partial charge < -0.3 is 5.32 Å². The van der Waals surface area contributed by atoms with Crippen LogP contribution in [-0.2, 0) is 0 Å². The molecule has 110 valence electrons. The standard InChI is InChI=1S/C15H17N3OS2/c1-9-4-5-10(2)12(8-9)16-15(20)18-17-14(19)13-11(3)6-7-21-13/h4-8H,1-3H3,(H,17,19)(H2,16,18,20). The molecule has 1 aromatic carbocycles. The molecule has 2 rings (SSSR count). The van der Waals surface area contributed by atoms with Crippen LogP contribution >= 0.6 is 23.6 Å². The van der Waals surface area contributed by atoms with Crippen molar-refractivity contribution in [1.29, 1.82) is 0 Å². The first-order chi connectivity index (χ1) is 9.97. The van der Waals surface area contributed by atoms with Crippen LogP contribution in [0.1, 0.15) is 26.4 Å². The minimum absolute atomic E-state index is 0.187. The number of hydrazine groups is 1. The molecule has 21 heavy (non-hydrogen) atoms. The van der Waals surface area contributed by atoms with E-state index in [1.54, 1.807) is 0 Å². The van der Waals surface area contributed by atoms with E-state index in [1.165, 1.54) is 11.3 Å². The molecule has 0 unspecified atom stereocenters. The van der Waals surface area contributed by atoms with Gasteiger partial charge in [0.05, 0.1) is 4.88 Å². The van der Waals surface area contributed by atoms with E-state index in [9.17, 15) is 4.79 Å². The van der Waals surface area contributed by atoms with Crippen molar-refractivity contribution in [2.24, 2.45) is 0 Å². The maximum absolute atomic E-state index is 12.0. The van der Waals surface area contributed by atoms with Gasteiger partial charge in [-0.05, 0) is 67.2 Å². The average Bonchev–Trinajstić information content (AvgIpc) is 2.86. The lowest BCUT2D eigenvalue weighted by molar-refractivity contribution is 0.0947. The Balaban J connectivity index is 1.92. The molecule has 0 aliphatic carbocycles. The molecule has 4 nitrogen and oxygen atoms in total. The highest BCUT2D eigenvalue weighted by molar-refractivity contribution is 7.80. The van der Waals surface area contributed by atoms with Crippen molar-refractivity contribution in [3.8, 4) is 0 Å². The summed E-state index contributed by atoms with van der Waals surface area (Å²) in [7, 11) is 0. The van der Waals surface area contributed by atoms with E-state index >= 15 is 0 Å². The first-order valence-electron chi connectivity index (χ1n) is 6.46. The summed E-state index contributed by atoms with van der Waals surface area (Å²) in [4.78, 5) is 12.6. The van der Waals surface area contributed by atoms with Crippen LogP contribution in [0.2, 0.25) is 0 Å². The number of rotatable bonds is 2. The number of thiocarbonyl (C=S) groups is 1. The molecule has 0 saturated carbocycles. The zero-order valence-corrected chi connectivity index (χ0v) is 13.7. The fourth-order valence-corrected chi connectivity index (χ4v) is 2.78. The Morgan fingerprint density at radius 1 is 1.10 bits per heavy atom. The highest BCUT2D eigenvalue weighted by Crippen LogP contribution is 2.16. The summed E-state index contributed by atoms with van der Waals surface area (Å²) in [6, 6.07) is 7.98. The molecule has 2 aromatic rings. The van der Waals surface area contributed by atoms with Gasteiger partial charge in [-0.25, -0.2) is 0 Å². The second-order valence-electron chi connectivity index (χ2n) is 4.78. The number of aryl methyl sites for hydroxylation is 3. The number of anilines is 1. The van der Waals surface area contributed by atoms with Crippen LogP contribution in [0.25, 0.3) is 0 Å². The van der Waals surface area contributed by atoms with Gasteiger partial charge in [0.15, 0.2) is 5.11 Å². The Kier molecular flexibility index (Phi) is 4.93. The van der Waals surface area contributed by atoms with Crippen molar-refractivity contribution in [2.45, 2.75) is 20.8 Å². The summed E-state index contributed by atoms with van der Waals surface area (Å²) in [6.07, 6.45) is 0. The van der Waals surface area contributed by atoms with Gasteiger partial charge in [-0.1, -0.05) is 12.1 Å². The normalized spacial score (nSPS) is 10.0. The van der Waals surface area contributed by atoms with Crippen LogP contribution in [-0.4, -0.2) is 11.0 Å². The van der Waals surface area contributed by atoms with E-state index in [0.717, 1.165) is 22.4 Å². The Hall–Kier alpha value is -1.92. The number of hydrogen-bond acceptors (Lipinski definition) is 3. The van der Waals surface area contributed by atoms with Gasteiger partial charge in [0, 0.05) is 5.69 Å². The summed E-state index contributed by atoms with van der Waals surface area (Å²) in [5.41, 5.74) is 9.43. The van der Waals surface area contributed by atoms with Crippen LogP contribution in [0, 0.1) is 20.8 Å². The van der Waals surface area contributed by atoms with Gasteiger partial charge in [-0.2, -0.15) is 0 Å². The van der Waals surface area contributed by atoms with Crippen molar-refractivity contribution in [2.75, 3.05) is 5.32 Å². The van der Waals surface area contributed by atoms with E-state index in [4.69, 9.17) is 12.2 Å². The van der Waals surface area contributed by atoms with E-state index in [-0.39, 0.29) is 5.91 Å². The molecule has 3 N–H and O–H groups in total. The van der Waals surface area contributed by atoms with E-state index < -0.39 is 0 Å². The minimum atomic E-state index is -0.187. The van der Waals surface area contributed by atoms with Crippen molar-refractivity contribution in [3.05, 3.63) is 51.2 Å². The number of benzene rings is 1. The first-order valence-corrected chi connectivity index (χ1v) is 7.75. The van der Waals surface area contributed by atoms with Gasteiger partial charge in [0.1, 0.15) is 0 Å². The van der Waals surface area contributed by atoms with Crippen LogP contribution < -0.4 is 16.2 Å². The Morgan fingerprint density at radius 2 is 1.86 bits per heavy atom. The third kappa shape index (κ3) is 4.03. The number of carbonyl (C=O) groups is 1. The predicted molar refractivity (Wildman–Crippen MR) is 91.8 cm³/mol. The van der Waals surface area contributed by atoms with Gasteiger partial charge in [-0.3, -0.25) is 15.6 Å². The summed E-state index contributed by atoms with van der Waals surface area (Å²) >= 11 is 6.59. The SMILES string of the molecule is Cc1ccc(C)c(NC(=S)NNC(=O)c2sccc2C)c1. The highest BCUT2D eigenvalue weighted by atomic mass is 32.1. The molecule has 6 heteroatoms.